The third-order valence-electron chi connectivity index (χ3n) is 1.48. The van der Waals surface area contributed by atoms with Crippen molar-refractivity contribution in [3.63, 3.8) is 0 Å². The zero-order valence-corrected chi connectivity index (χ0v) is 6.15. The van der Waals surface area contributed by atoms with E-state index >= 15 is 0 Å². The zero-order valence-electron chi connectivity index (χ0n) is 6.15. The van der Waals surface area contributed by atoms with Crippen LogP contribution in [0.1, 0.15) is 18.6 Å². The van der Waals surface area contributed by atoms with Gasteiger partial charge in [-0.25, -0.2) is 0 Å². The normalized spacial score (nSPS) is 12.9. The molecule has 3 N–H and O–H groups in total. The van der Waals surface area contributed by atoms with Crippen LogP contribution in [-0.2, 0) is 0 Å². The van der Waals surface area contributed by atoms with Gasteiger partial charge in [-0.2, -0.15) is 0 Å². The molecule has 0 bridgehead atoms. The lowest BCUT2D eigenvalue weighted by molar-refractivity contribution is 0.198. The maximum atomic E-state index is 9.05. The number of phenols is 2. The lowest BCUT2D eigenvalue weighted by Gasteiger charge is -2.04. The summed E-state index contributed by atoms with van der Waals surface area (Å²) < 4.78 is 0. The van der Waals surface area contributed by atoms with Gasteiger partial charge in [0.1, 0.15) is 0 Å². The van der Waals surface area contributed by atoms with Gasteiger partial charge in [0.2, 0.25) is 0 Å². The average Bonchev–Trinajstić information content (AvgIpc) is 1.94. The maximum Gasteiger partial charge on any atom is 0.157 e. The van der Waals surface area contributed by atoms with Gasteiger partial charge in [0.15, 0.2) is 11.5 Å². The Bertz CT molecular complexity index is 256. The van der Waals surface area contributed by atoms with E-state index in [1.54, 1.807) is 13.0 Å². The molecule has 0 amide bonds. The molecule has 1 rings (SSSR count). The molecule has 11 heavy (non-hydrogen) atoms. The first-order valence-electron chi connectivity index (χ1n) is 3.31. The summed E-state index contributed by atoms with van der Waals surface area (Å²) in [6.07, 6.45) is -0.624. The highest BCUT2D eigenvalue weighted by Crippen LogP contribution is 2.27. The Kier molecular flexibility index (Phi) is 2.01. The Morgan fingerprint density at radius 2 is 1.82 bits per heavy atom. The molecule has 1 aromatic carbocycles. The minimum absolute atomic E-state index is 0.172. The Balaban J connectivity index is 3.05. The molecule has 0 aliphatic heterocycles. The first kappa shape index (κ1) is 7.88. The highest BCUT2D eigenvalue weighted by atomic mass is 16.3. The van der Waals surface area contributed by atoms with E-state index < -0.39 is 6.10 Å². The van der Waals surface area contributed by atoms with Gasteiger partial charge in [-0.1, -0.05) is 6.07 Å². The molecule has 0 saturated heterocycles. The summed E-state index contributed by atoms with van der Waals surface area (Å²) in [6, 6.07) is 4.23. The Labute approximate surface area is 64.5 Å². The number of hydrogen-bond donors (Lipinski definition) is 3. The number of phenolic OH excluding ortho intramolecular Hbond substituents is 2. The van der Waals surface area contributed by atoms with Crippen molar-refractivity contribution in [2.75, 3.05) is 0 Å². The Morgan fingerprint density at radius 3 is 2.27 bits per heavy atom. The summed E-state index contributed by atoms with van der Waals surface area (Å²) >= 11 is 0. The lowest BCUT2D eigenvalue weighted by Crippen LogP contribution is -1.89. The average molecular weight is 154 g/mol. The van der Waals surface area contributed by atoms with E-state index in [0.717, 1.165) is 0 Å². The summed E-state index contributed by atoms with van der Waals surface area (Å²) in [5.74, 6) is -0.377. The number of aliphatic hydroxyl groups excluding tert-OH is 1. The monoisotopic (exact) mass is 154 g/mol. The van der Waals surface area contributed by atoms with Crippen molar-refractivity contribution in [1.29, 1.82) is 0 Å². The molecule has 1 aromatic rings. The molecule has 0 unspecified atom stereocenters. The van der Waals surface area contributed by atoms with Gasteiger partial charge in [0.05, 0.1) is 6.10 Å². The largest absolute Gasteiger partial charge is 0.504 e. The Morgan fingerprint density at radius 1 is 1.18 bits per heavy atom. The van der Waals surface area contributed by atoms with Crippen molar-refractivity contribution >= 4 is 0 Å². The minimum Gasteiger partial charge on any atom is -0.504 e. The molecule has 0 fully saturated rings. The molecule has 0 heterocycles. The molecule has 3 nitrogen and oxygen atoms in total. The summed E-state index contributed by atoms with van der Waals surface area (Å²) in [6.45, 7) is 1.59. The van der Waals surface area contributed by atoms with Crippen molar-refractivity contribution in [3.8, 4) is 11.5 Å². The molecule has 0 aliphatic carbocycles. The van der Waals surface area contributed by atoms with Crippen LogP contribution in [0.5, 0.6) is 11.5 Å². The predicted octanol–water partition coefficient (Wildman–Crippen LogP) is 1.15. The Hall–Kier alpha value is -1.22. The van der Waals surface area contributed by atoms with Crippen molar-refractivity contribution in [2.45, 2.75) is 13.0 Å². The molecular weight excluding hydrogens is 144 g/mol. The highest BCUT2D eigenvalue weighted by Gasteiger charge is 2.03. The smallest absolute Gasteiger partial charge is 0.157 e. The molecule has 0 saturated carbocycles. The molecule has 0 aliphatic rings. The van der Waals surface area contributed by atoms with E-state index in [1.165, 1.54) is 12.1 Å². The fourth-order valence-corrected chi connectivity index (χ4v) is 0.800. The molecule has 0 aromatic heterocycles. The summed E-state index contributed by atoms with van der Waals surface area (Å²) in [4.78, 5) is 0. The SMILES string of the molecule is C[C@H](O)c1ccc(O)c(O)c1. The first-order chi connectivity index (χ1) is 5.11. The molecule has 0 spiro atoms. The van der Waals surface area contributed by atoms with E-state index in [9.17, 15) is 0 Å². The van der Waals surface area contributed by atoms with Gasteiger partial charge < -0.3 is 15.3 Å². The maximum absolute atomic E-state index is 9.05. The first-order valence-corrected chi connectivity index (χ1v) is 3.31. The number of rotatable bonds is 1. The molecule has 0 radical (unpaired) electrons. The summed E-state index contributed by atoms with van der Waals surface area (Å²) in [7, 11) is 0. The molecule has 60 valence electrons. The van der Waals surface area contributed by atoms with E-state index in [2.05, 4.69) is 0 Å². The van der Waals surface area contributed by atoms with Gasteiger partial charge in [-0.3, -0.25) is 0 Å². The van der Waals surface area contributed by atoms with E-state index in [1.807, 2.05) is 0 Å². The number of hydrogen-bond acceptors (Lipinski definition) is 3. The van der Waals surface area contributed by atoms with Crippen LogP contribution in [0.2, 0.25) is 0 Å². The summed E-state index contributed by atoms with van der Waals surface area (Å²) in [5, 5.41) is 26.9. The fraction of sp³-hybridized carbons (Fsp3) is 0.250. The van der Waals surface area contributed by atoms with Crippen LogP contribution in [0.4, 0.5) is 0 Å². The second-order valence-corrected chi connectivity index (χ2v) is 2.42. The van der Waals surface area contributed by atoms with E-state index in [0.29, 0.717) is 5.56 Å². The van der Waals surface area contributed by atoms with Gasteiger partial charge in [-0.15, -0.1) is 0 Å². The second-order valence-electron chi connectivity index (χ2n) is 2.42. The fourth-order valence-electron chi connectivity index (χ4n) is 0.800. The van der Waals surface area contributed by atoms with Gasteiger partial charge in [0, 0.05) is 0 Å². The van der Waals surface area contributed by atoms with Crippen LogP contribution in [-0.4, -0.2) is 15.3 Å². The third kappa shape index (κ3) is 1.62. The number of aromatic hydroxyl groups is 2. The number of aliphatic hydroxyl groups is 1. The quantitative estimate of drug-likeness (QED) is 0.532. The number of benzene rings is 1. The zero-order chi connectivity index (χ0) is 8.43. The van der Waals surface area contributed by atoms with Crippen LogP contribution in [0.25, 0.3) is 0 Å². The second kappa shape index (κ2) is 2.80. The third-order valence-corrected chi connectivity index (χ3v) is 1.48. The van der Waals surface area contributed by atoms with Crippen molar-refractivity contribution in [2.24, 2.45) is 0 Å². The lowest BCUT2D eigenvalue weighted by atomic mass is 10.1. The van der Waals surface area contributed by atoms with Crippen molar-refractivity contribution in [3.05, 3.63) is 23.8 Å². The van der Waals surface area contributed by atoms with Crippen LogP contribution >= 0.6 is 0 Å². The van der Waals surface area contributed by atoms with Crippen LogP contribution in [0.15, 0.2) is 18.2 Å². The topological polar surface area (TPSA) is 60.7 Å². The van der Waals surface area contributed by atoms with Crippen molar-refractivity contribution in [1.82, 2.24) is 0 Å². The molecule has 3 heteroatoms. The minimum atomic E-state index is -0.624. The standard InChI is InChI=1S/C8H10O3/c1-5(9)6-2-3-7(10)8(11)4-6/h2-5,9-11H,1H3/t5-/m0/s1. The van der Waals surface area contributed by atoms with Crippen molar-refractivity contribution < 1.29 is 15.3 Å². The molecular formula is C8H10O3. The van der Waals surface area contributed by atoms with Gasteiger partial charge in [0.25, 0.3) is 0 Å². The van der Waals surface area contributed by atoms with Gasteiger partial charge >= 0.3 is 0 Å². The van der Waals surface area contributed by atoms with Crippen LogP contribution < -0.4 is 0 Å². The highest BCUT2D eigenvalue weighted by molar-refractivity contribution is 5.40. The van der Waals surface area contributed by atoms with Gasteiger partial charge in [-0.05, 0) is 24.6 Å². The van der Waals surface area contributed by atoms with E-state index in [4.69, 9.17) is 15.3 Å². The molecule has 1 atom stereocenters. The predicted molar refractivity (Wildman–Crippen MR) is 40.4 cm³/mol. The van der Waals surface area contributed by atoms with E-state index in [-0.39, 0.29) is 11.5 Å². The van der Waals surface area contributed by atoms with Crippen LogP contribution in [0, 0.1) is 0 Å². The van der Waals surface area contributed by atoms with Crippen LogP contribution in [0.3, 0.4) is 0 Å². The summed E-state index contributed by atoms with van der Waals surface area (Å²) in [5.41, 5.74) is 0.584.